The summed E-state index contributed by atoms with van der Waals surface area (Å²) in [7, 11) is 0. The monoisotopic (exact) mass is 346 g/mol. The van der Waals surface area contributed by atoms with Crippen molar-refractivity contribution >= 4 is 40.7 Å². The first-order valence-electron chi connectivity index (χ1n) is 6.73. The predicted molar refractivity (Wildman–Crippen MR) is 86.5 cm³/mol. The molecular weight excluding hydrogens is 331 g/mol. The standard InChI is InChI=1S/C15H17Cl3N2O/c1-15(2)11(7-12(17)18)13(15)14(21)19-6-5-10-4-3-9(16)8-20-10/h3-4,7-8,11,13H,5-6H2,1-2H3,(H,19,21). The number of hydrogen-bond donors (Lipinski definition) is 1. The second-order valence-electron chi connectivity index (χ2n) is 5.79. The van der Waals surface area contributed by atoms with Crippen molar-refractivity contribution in [1.82, 2.24) is 10.3 Å². The molecule has 2 rings (SSSR count). The van der Waals surface area contributed by atoms with Crippen LogP contribution in [0.25, 0.3) is 0 Å². The zero-order valence-electron chi connectivity index (χ0n) is 11.9. The van der Waals surface area contributed by atoms with Crippen LogP contribution in [0.15, 0.2) is 28.9 Å². The van der Waals surface area contributed by atoms with Gasteiger partial charge in [0.2, 0.25) is 5.91 Å². The lowest BCUT2D eigenvalue weighted by Crippen LogP contribution is -2.29. The van der Waals surface area contributed by atoms with Gasteiger partial charge in [0.1, 0.15) is 4.49 Å². The zero-order chi connectivity index (χ0) is 15.6. The maximum atomic E-state index is 12.2. The third kappa shape index (κ3) is 4.12. The molecule has 1 saturated carbocycles. The van der Waals surface area contributed by atoms with Crippen molar-refractivity contribution in [1.29, 1.82) is 0 Å². The molecule has 0 spiro atoms. The summed E-state index contributed by atoms with van der Waals surface area (Å²) in [6.07, 6.45) is 4.02. The molecule has 1 amide bonds. The van der Waals surface area contributed by atoms with Crippen molar-refractivity contribution < 1.29 is 4.79 Å². The Bertz CT molecular complexity index is 551. The highest BCUT2D eigenvalue weighted by molar-refractivity contribution is 6.55. The second-order valence-corrected chi connectivity index (χ2v) is 7.23. The molecular formula is C15H17Cl3N2O. The number of carbonyl (C=O) groups is 1. The van der Waals surface area contributed by atoms with Crippen molar-refractivity contribution in [3.63, 3.8) is 0 Å². The first kappa shape index (κ1) is 16.6. The van der Waals surface area contributed by atoms with Gasteiger partial charge in [0.25, 0.3) is 0 Å². The number of rotatable bonds is 5. The van der Waals surface area contributed by atoms with Crippen molar-refractivity contribution in [2.75, 3.05) is 6.54 Å². The number of aromatic nitrogens is 1. The zero-order valence-corrected chi connectivity index (χ0v) is 14.1. The molecule has 1 aliphatic carbocycles. The van der Waals surface area contributed by atoms with Crippen LogP contribution in [0.4, 0.5) is 0 Å². The lowest BCUT2D eigenvalue weighted by atomic mass is 10.1. The Morgan fingerprint density at radius 3 is 2.71 bits per heavy atom. The summed E-state index contributed by atoms with van der Waals surface area (Å²) in [4.78, 5) is 16.4. The first-order valence-corrected chi connectivity index (χ1v) is 7.86. The van der Waals surface area contributed by atoms with E-state index in [2.05, 4.69) is 10.3 Å². The average molecular weight is 348 g/mol. The van der Waals surface area contributed by atoms with Crippen molar-refractivity contribution in [3.05, 3.63) is 39.6 Å². The average Bonchev–Trinajstić information content (AvgIpc) is 2.92. The minimum atomic E-state index is -0.0996. The fraction of sp³-hybridized carbons (Fsp3) is 0.467. The number of amides is 1. The highest BCUT2D eigenvalue weighted by Gasteiger charge is 2.60. The fourth-order valence-electron chi connectivity index (χ4n) is 2.60. The SMILES string of the molecule is CC1(C)C(C=C(Cl)Cl)C1C(=O)NCCc1ccc(Cl)cn1. The summed E-state index contributed by atoms with van der Waals surface area (Å²) in [5.74, 6) is 0.0455. The fourth-order valence-corrected chi connectivity index (χ4v) is 2.99. The topological polar surface area (TPSA) is 42.0 Å². The van der Waals surface area contributed by atoms with E-state index < -0.39 is 0 Å². The molecule has 0 aliphatic heterocycles. The van der Waals surface area contributed by atoms with Gasteiger partial charge in [0, 0.05) is 24.9 Å². The predicted octanol–water partition coefficient (Wildman–Crippen LogP) is 3.98. The van der Waals surface area contributed by atoms with Crippen LogP contribution in [-0.2, 0) is 11.2 Å². The highest BCUT2D eigenvalue weighted by atomic mass is 35.5. The highest BCUT2D eigenvalue weighted by Crippen LogP contribution is 2.59. The van der Waals surface area contributed by atoms with E-state index in [4.69, 9.17) is 34.8 Å². The van der Waals surface area contributed by atoms with Gasteiger partial charge in [-0.15, -0.1) is 0 Å². The normalized spacial score (nSPS) is 22.5. The molecule has 1 aromatic heterocycles. The molecule has 0 bridgehead atoms. The number of hydrogen-bond acceptors (Lipinski definition) is 2. The van der Waals surface area contributed by atoms with E-state index in [0.717, 1.165) is 5.69 Å². The Kier molecular flexibility index (Phi) is 5.18. The second kappa shape index (κ2) is 6.55. The molecule has 1 aromatic rings. The Morgan fingerprint density at radius 2 is 2.14 bits per heavy atom. The molecule has 0 radical (unpaired) electrons. The maximum Gasteiger partial charge on any atom is 0.224 e. The summed E-state index contributed by atoms with van der Waals surface area (Å²) >= 11 is 17.1. The smallest absolute Gasteiger partial charge is 0.224 e. The van der Waals surface area contributed by atoms with Crippen LogP contribution < -0.4 is 5.32 Å². The van der Waals surface area contributed by atoms with Crippen LogP contribution >= 0.6 is 34.8 Å². The van der Waals surface area contributed by atoms with E-state index in [1.807, 2.05) is 19.9 Å². The van der Waals surface area contributed by atoms with Crippen molar-refractivity contribution in [2.45, 2.75) is 20.3 Å². The van der Waals surface area contributed by atoms with E-state index in [0.29, 0.717) is 18.0 Å². The molecule has 1 N–H and O–H groups in total. The molecule has 6 heteroatoms. The van der Waals surface area contributed by atoms with Gasteiger partial charge >= 0.3 is 0 Å². The van der Waals surface area contributed by atoms with Gasteiger partial charge in [0.05, 0.1) is 10.9 Å². The van der Waals surface area contributed by atoms with Gasteiger partial charge in [0.15, 0.2) is 0 Å². The Balaban J connectivity index is 1.83. The molecule has 3 nitrogen and oxygen atoms in total. The van der Waals surface area contributed by atoms with Crippen LogP contribution in [0.5, 0.6) is 0 Å². The largest absolute Gasteiger partial charge is 0.355 e. The van der Waals surface area contributed by atoms with E-state index in [-0.39, 0.29) is 27.6 Å². The van der Waals surface area contributed by atoms with Gasteiger partial charge in [-0.3, -0.25) is 9.78 Å². The van der Waals surface area contributed by atoms with E-state index in [1.165, 1.54) is 0 Å². The van der Waals surface area contributed by atoms with Crippen molar-refractivity contribution in [2.24, 2.45) is 17.3 Å². The Morgan fingerprint density at radius 1 is 1.43 bits per heavy atom. The number of carbonyl (C=O) groups excluding carboxylic acids is 1. The number of allylic oxidation sites excluding steroid dienone is 1. The van der Waals surface area contributed by atoms with Gasteiger partial charge < -0.3 is 5.32 Å². The van der Waals surface area contributed by atoms with Crippen LogP contribution in [0.2, 0.25) is 5.02 Å². The molecule has 114 valence electrons. The van der Waals surface area contributed by atoms with Gasteiger partial charge in [-0.1, -0.05) is 48.7 Å². The molecule has 0 saturated heterocycles. The summed E-state index contributed by atoms with van der Waals surface area (Å²) in [6, 6.07) is 3.65. The van der Waals surface area contributed by atoms with E-state index in [1.54, 1.807) is 18.3 Å². The summed E-state index contributed by atoms with van der Waals surface area (Å²) in [6.45, 7) is 4.62. The van der Waals surface area contributed by atoms with Crippen LogP contribution in [0, 0.1) is 17.3 Å². The van der Waals surface area contributed by atoms with Gasteiger partial charge in [-0.05, 0) is 29.5 Å². The number of nitrogens with zero attached hydrogens (tertiary/aromatic N) is 1. The van der Waals surface area contributed by atoms with Gasteiger partial charge in [-0.2, -0.15) is 0 Å². The third-order valence-corrected chi connectivity index (χ3v) is 4.44. The van der Waals surface area contributed by atoms with Gasteiger partial charge in [-0.25, -0.2) is 0 Å². The number of pyridine rings is 1. The Labute approximate surface area is 139 Å². The summed E-state index contributed by atoms with van der Waals surface area (Å²) in [5, 5.41) is 3.55. The minimum absolute atomic E-state index is 0.0322. The molecule has 2 atom stereocenters. The first-order chi connectivity index (χ1) is 9.82. The lowest BCUT2D eigenvalue weighted by Gasteiger charge is -2.06. The number of halogens is 3. The molecule has 2 unspecified atom stereocenters. The van der Waals surface area contributed by atoms with Crippen molar-refractivity contribution in [3.8, 4) is 0 Å². The third-order valence-electron chi connectivity index (χ3n) is 3.97. The van der Waals surface area contributed by atoms with Crippen LogP contribution in [0.3, 0.4) is 0 Å². The maximum absolute atomic E-state index is 12.2. The Hall–Kier alpha value is -0.770. The molecule has 1 fully saturated rings. The van der Waals surface area contributed by atoms with E-state index in [9.17, 15) is 4.79 Å². The number of nitrogens with one attached hydrogen (secondary N) is 1. The summed E-state index contributed by atoms with van der Waals surface area (Å²) < 4.78 is 0.216. The molecule has 0 aromatic carbocycles. The molecule has 1 heterocycles. The van der Waals surface area contributed by atoms with Crippen LogP contribution in [-0.4, -0.2) is 17.4 Å². The minimum Gasteiger partial charge on any atom is -0.355 e. The molecule has 1 aliphatic rings. The van der Waals surface area contributed by atoms with E-state index >= 15 is 0 Å². The van der Waals surface area contributed by atoms with Crippen LogP contribution in [0.1, 0.15) is 19.5 Å². The lowest BCUT2D eigenvalue weighted by molar-refractivity contribution is -0.123. The molecule has 21 heavy (non-hydrogen) atoms. The summed E-state index contributed by atoms with van der Waals surface area (Å²) in [5.41, 5.74) is 0.799. The quantitative estimate of drug-likeness (QED) is 0.875.